The lowest BCUT2D eigenvalue weighted by molar-refractivity contribution is 0.174. The van der Waals surface area contributed by atoms with Crippen LogP contribution < -0.4 is 9.64 Å². The van der Waals surface area contributed by atoms with Crippen molar-refractivity contribution in [3.8, 4) is 5.75 Å². The number of anilines is 1. The largest absolute Gasteiger partial charge is 0.490 e. The smallest absolute Gasteiger partial charge is 0.142 e. The minimum absolute atomic E-state index is 0.0976. The number of β-amino-alcohol motifs (C(OH)–C–C–N with tert-alkyl or cyclic N) is 1. The standard InChI is InChI=1S/C16H15F2NO2/c17-11-5-6-12(13(18)9-11)15(20)10-19-7-8-21-16-4-2-1-3-14(16)19/h1-6,9,15,20H,7-8,10H2. The van der Waals surface area contributed by atoms with Crippen LogP contribution in [0.3, 0.4) is 0 Å². The first-order valence-electron chi connectivity index (χ1n) is 6.75. The van der Waals surface area contributed by atoms with Crippen molar-refractivity contribution < 1.29 is 18.6 Å². The molecule has 1 atom stereocenters. The summed E-state index contributed by atoms with van der Waals surface area (Å²) in [5.41, 5.74) is 0.964. The molecular weight excluding hydrogens is 276 g/mol. The van der Waals surface area contributed by atoms with Crippen molar-refractivity contribution in [2.75, 3.05) is 24.6 Å². The highest BCUT2D eigenvalue weighted by Crippen LogP contribution is 2.32. The fraction of sp³-hybridized carbons (Fsp3) is 0.250. The molecule has 3 rings (SSSR count). The third-order valence-electron chi connectivity index (χ3n) is 3.54. The number of fused-ring (bicyclic) bond motifs is 1. The SMILES string of the molecule is OC(CN1CCOc2ccccc21)c1ccc(F)cc1F. The molecule has 0 spiro atoms. The Hall–Kier alpha value is -2.14. The van der Waals surface area contributed by atoms with E-state index in [9.17, 15) is 13.9 Å². The van der Waals surface area contributed by atoms with Gasteiger partial charge >= 0.3 is 0 Å². The van der Waals surface area contributed by atoms with Crippen molar-refractivity contribution in [1.29, 1.82) is 0 Å². The predicted molar refractivity (Wildman–Crippen MR) is 75.5 cm³/mol. The molecule has 2 aromatic carbocycles. The van der Waals surface area contributed by atoms with Gasteiger partial charge in [-0.05, 0) is 18.2 Å². The van der Waals surface area contributed by atoms with E-state index in [-0.39, 0.29) is 12.1 Å². The predicted octanol–water partition coefficient (Wildman–Crippen LogP) is 2.90. The average molecular weight is 291 g/mol. The number of aliphatic hydroxyl groups is 1. The lowest BCUT2D eigenvalue weighted by Gasteiger charge is -2.32. The molecule has 0 fully saturated rings. The van der Waals surface area contributed by atoms with Crippen LogP contribution in [0, 0.1) is 11.6 Å². The highest BCUT2D eigenvalue weighted by molar-refractivity contribution is 5.59. The number of hydrogen-bond acceptors (Lipinski definition) is 3. The van der Waals surface area contributed by atoms with Crippen LogP contribution in [0.2, 0.25) is 0 Å². The van der Waals surface area contributed by atoms with Gasteiger partial charge in [0.05, 0.1) is 18.3 Å². The third-order valence-corrected chi connectivity index (χ3v) is 3.54. The van der Waals surface area contributed by atoms with E-state index in [1.54, 1.807) is 0 Å². The van der Waals surface area contributed by atoms with Crippen LogP contribution in [0.1, 0.15) is 11.7 Å². The molecule has 1 aliphatic heterocycles. The highest BCUT2D eigenvalue weighted by atomic mass is 19.1. The second-order valence-electron chi connectivity index (χ2n) is 4.94. The minimum atomic E-state index is -1.03. The van der Waals surface area contributed by atoms with Crippen LogP contribution in [-0.2, 0) is 0 Å². The zero-order chi connectivity index (χ0) is 14.8. The molecule has 1 heterocycles. The number of rotatable bonds is 3. The molecule has 3 nitrogen and oxygen atoms in total. The summed E-state index contributed by atoms with van der Waals surface area (Å²) in [5.74, 6) is -0.639. The molecule has 0 radical (unpaired) electrons. The van der Waals surface area contributed by atoms with E-state index < -0.39 is 17.7 Å². The zero-order valence-electron chi connectivity index (χ0n) is 11.3. The quantitative estimate of drug-likeness (QED) is 0.944. The molecule has 0 saturated heterocycles. The first-order valence-corrected chi connectivity index (χ1v) is 6.75. The summed E-state index contributed by atoms with van der Waals surface area (Å²) in [6.07, 6.45) is -1.03. The minimum Gasteiger partial charge on any atom is -0.490 e. The third kappa shape index (κ3) is 2.83. The van der Waals surface area contributed by atoms with Gasteiger partial charge in [-0.15, -0.1) is 0 Å². The lowest BCUT2D eigenvalue weighted by atomic mass is 10.1. The summed E-state index contributed by atoms with van der Waals surface area (Å²) >= 11 is 0. The van der Waals surface area contributed by atoms with Crippen molar-refractivity contribution in [1.82, 2.24) is 0 Å². The van der Waals surface area contributed by atoms with E-state index in [1.807, 2.05) is 29.2 Å². The molecule has 1 unspecified atom stereocenters. The van der Waals surface area contributed by atoms with Gasteiger partial charge in [0.2, 0.25) is 0 Å². The van der Waals surface area contributed by atoms with Gasteiger partial charge < -0.3 is 14.7 Å². The Morgan fingerprint density at radius 2 is 2.00 bits per heavy atom. The number of aliphatic hydroxyl groups excluding tert-OH is 1. The molecule has 1 N–H and O–H groups in total. The van der Waals surface area contributed by atoms with Gasteiger partial charge in [0.25, 0.3) is 0 Å². The molecule has 0 amide bonds. The lowest BCUT2D eigenvalue weighted by Crippen LogP contribution is -2.36. The molecule has 0 aromatic heterocycles. The molecule has 0 bridgehead atoms. The molecule has 21 heavy (non-hydrogen) atoms. The van der Waals surface area contributed by atoms with Gasteiger partial charge in [0, 0.05) is 18.2 Å². The van der Waals surface area contributed by atoms with E-state index >= 15 is 0 Å². The van der Waals surface area contributed by atoms with Gasteiger partial charge in [-0.25, -0.2) is 8.78 Å². The first-order chi connectivity index (χ1) is 10.1. The molecule has 110 valence electrons. The van der Waals surface area contributed by atoms with E-state index in [2.05, 4.69) is 0 Å². The summed E-state index contributed by atoms with van der Waals surface area (Å²) in [6.45, 7) is 1.34. The molecule has 5 heteroatoms. The van der Waals surface area contributed by atoms with Gasteiger partial charge in [0.1, 0.15) is 24.0 Å². The number of para-hydroxylation sites is 2. The number of halogens is 2. The van der Waals surface area contributed by atoms with Crippen molar-refractivity contribution >= 4 is 5.69 Å². The topological polar surface area (TPSA) is 32.7 Å². The van der Waals surface area contributed by atoms with Crippen LogP contribution in [0.15, 0.2) is 42.5 Å². The normalized spacial score (nSPS) is 15.3. The number of hydrogen-bond donors (Lipinski definition) is 1. The summed E-state index contributed by atoms with van der Waals surface area (Å²) in [5, 5.41) is 10.2. The van der Waals surface area contributed by atoms with E-state index in [0.29, 0.717) is 13.2 Å². The van der Waals surface area contributed by atoms with Crippen LogP contribution >= 0.6 is 0 Å². The fourth-order valence-electron chi connectivity index (χ4n) is 2.50. The van der Waals surface area contributed by atoms with Crippen molar-refractivity contribution in [3.05, 3.63) is 59.7 Å². The maximum Gasteiger partial charge on any atom is 0.142 e. The number of benzene rings is 2. The van der Waals surface area contributed by atoms with Gasteiger partial charge in [0.15, 0.2) is 0 Å². The zero-order valence-corrected chi connectivity index (χ0v) is 11.3. The van der Waals surface area contributed by atoms with Crippen molar-refractivity contribution in [3.63, 3.8) is 0 Å². The first kappa shape index (κ1) is 13.8. The summed E-state index contributed by atoms with van der Waals surface area (Å²) in [6, 6.07) is 10.7. The van der Waals surface area contributed by atoms with E-state index in [1.165, 1.54) is 6.07 Å². The van der Waals surface area contributed by atoms with Crippen molar-refractivity contribution in [2.45, 2.75) is 6.10 Å². The fourth-order valence-corrected chi connectivity index (χ4v) is 2.50. The summed E-state index contributed by atoms with van der Waals surface area (Å²) in [4.78, 5) is 1.94. The molecule has 2 aromatic rings. The Morgan fingerprint density at radius 3 is 2.81 bits per heavy atom. The van der Waals surface area contributed by atoms with Gasteiger partial charge in [-0.2, -0.15) is 0 Å². The number of ether oxygens (including phenoxy) is 1. The van der Waals surface area contributed by atoms with Crippen molar-refractivity contribution in [2.24, 2.45) is 0 Å². The van der Waals surface area contributed by atoms with Crippen LogP contribution in [0.4, 0.5) is 14.5 Å². The summed E-state index contributed by atoms with van der Waals surface area (Å²) < 4.78 is 32.2. The Kier molecular flexibility index (Phi) is 3.75. The van der Waals surface area contributed by atoms with Gasteiger partial charge in [-0.3, -0.25) is 0 Å². The molecular formula is C16H15F2NO2. The molecule has 1 aliphatic rings. The second-order valence-corrected chi connectivity index (χ2v) is 4.94. The maximum absolute atomic E-state index is 13.7. The summed E-state index contributed by atoms with van der Waals surface area (Å²) in [7, 11) is 0. The monoisotopic (exact) mass is 291 g/mol. The number of nitrogens with zero attached hydrogens (tertiary/aromatic N) is 1. The van der Waals surface area contributed by atoms with Gasteiger partial charge in [-0.1, -0.05) is 18.2 Å². The van der Waals surface area contributed by atoms with E-state index in [0.717, 1.165) is 23.6 Å². The Labute approximate surface area is 121 Å². The maximum atomic E-state index is 13.7. The average Bonchev–Trinajstić information content (AvgIpc) is 2.47. The van der Waals surface area contributed by atoms with Crippen LogP contribution in [-0.4, -0.2) is 24.8 Å². The van der Waals surface area contributed by atoms with Crippen LogP contribution in [0.25, 0.3) is 0 Å². The Morgan fingerprint density at radius 1 is 1.19 bits per heavy atom. The molecule has 0 saturated carbocycles. The second kappa shape index (κ2) is 5.69. The molecule has 0 aliphatic carbocycles. The van der Waals surface area contributed by atoms with Crippen LogP contribution in [0.5, 0.6) is 5.75 Å². The van der Waals surface area contributed by atoms with E-state index in [4.69, 9.17) is 4.74 Å². The Balaban J connectivity index is 1.81. The Bertz CT molecular complexity index is 648. The highest BCUT2D eigenvalue weighted by Gasteiger charge is 2.22.